The fourth-order valence-corrected chi connectivity index (χ4v) is 4.28. The van der Waals surface area contributed by atoms with E-state index in [1.54, 1.807) is 19.2 Å². The average molecular weight is 440 g/mol. The molecule has 31 heavy (non-hydrogen) atoms. The van der Waals surface area contributed by atoms with Crippen molar-refractivity contribution < 1.29 is 14.1 Å². The lowest BCUT2D eigenvalue weighted by molar-refractivity contribution is 0.0632. The molecule has 2 aromatic carbocycles. The topological polar surface area (TPSA) is 68.5 Å². The van der Waals surface area contributed by atoms with Crippen molar-refractivity contribution in [3.05, 3.63) is 65.0 Å². The van der Waals surface area contributed by atoms with Gasteiger partial charge in [-0.1, -0.05) is 48.2 Å². The highest BCUT2D eigenvalue weighted by Crippen LogP contribution is 2.27. The Hall–Kier alpha value is -2.86. The van der Waals surface area contributed by atoms with Gasteiger partial charge in [0.2, 0.25) is 11.7 Å². The van der Waals surface area contributed by atoms with E-state index in [1.165, 1.54) is 6.42 Å². The van der Waals surface area contributed by atoms with Crippen LogP contribution in [0.2, 0.25) is 5.02 Å². The second kappa shape index (κ2) is 9.96. The summed E-state index contributed by atoms with van der Waals surface area (Å²) in [5.74, 6) is 1.78. The van der Waals surface area contributed by atoms with Crippen LogP contribution in [0.3, 0.4) is 0 Å². The molecule has 0 spiro atoms. The molecule has 0 bridgehead atoms. The molecule has 1 heterocycles. The third-order valence-electron chi connectivity index (χ3n) is 5.76. The van der Waals surface area contributed by atoms with Gasteiger partial charge >= 0.3 is 0 Å². The van der Waals surface area contributed by atoms with Crippen LogP contribution in [0, 0.1) is 0 Å². The summed E-state index contributed by atoms with van der Waals surface area (Å²) in [6.07, 6.45) is 6.02. The van der Waals surface area contributed by atoms with Crippen molar-refractivity contribution in [1.82, 2.24) is 15.0 Å². The fraction of sp³-hybridized carbons (Fsp3) is 0.375. The summed E-state index contributed by atoms with van der Waals surface area (Å²) in [4.78, 5) is 19.8. The zero-order valence-electron chi connectivity index (χ0n) is 17.6. The highest BCUT2D eigenvalue weighted by Gasteiger charge is 2.27. The first kappa shape index (κ1) is 21.4. The van der Waals surface area contributed by atoms with Gasteiger partial charge in [0.1, 0.15) is 5.75 Å². The number of rotatable bonds is 7. The van der Waals surface area contributed by atoms with Gasteiger partial charge < -0.3 is 14.2 Å². The molecule has 7 heteroatoms. The molecule has 0 unspecified atom stereocenters. The van der Waals surface area contributed by atoms with Crippen molar-refractivity contribution >= 4 is 17.5 Å². The van der Waals surface area contributed by atoms with E-state index in [2.05, 4.69) is 10.1 Å². The van der Waals surface area contributed by atoms with E-state index in [4.69, 9.17) is 20.9 Å². The minimum Gasteiger partial charge on any atom is -0.497 e. The van der Waals surface area contributed by atoms with Gasteiger partial charge in [-0.05, 0) is 49.2 Å². The molecule has 162 valence electrons. The molecule has 0 radical (unpaired) electrons. The van der Waals surface area contributed by atoms with E-state index < -0.39 is 0 Å². The van der Waals surface area contributed by atoms with Gasteiger partial charge in [-0.25, -0.2) is 0 Å². The van der Waals surface area contributed by atoms with E-state index in [0.717, 1.165) is 37.0 Å². The first-order valence-corrected chi connectivity index (χ1v) is 11.1. The van der Waals surface area contributed by atoms with Crippen LogP contribution < -0.4 is 4.74 Å². The largest absolute Gasteiger partial charge is 0.497 e. The summed E-state index contributed by atoms with van der Waals surface area (Å²) in [5, 5.41) is 4.58. The molecule has 1 aliphatic carbocycles. The van der Waals surface area contributed by atoms with Gasteiger partial charge in [0.25, 0.3) is 5.91 Å². The number of benzene rings is 2. The molecule has 0 atom stereocenters. The van der Waals surface area contributed by atoms with Crippen LogP contribution in [0.1, 0.15) is 48.4 Å². The van der Waals surface area contributed by atoms with Gasteiger partial charge in [-0.2, -0.15) is 4.98 Å². The minimum atomic E-state index is -0.0348. The van der Waals surface area contributed by atoms with Crippen LogP contribution in [0.15, 0.2) is 53.1 Å². The Labute approximate surface area is 187 Å². The highest BCUT2D eigenvalue weighted by molar-refractivity contribution is 6.33. The maximum atomic E-state index is 13.3. The number of carbonyl (C=O) groups excluding carboxylic acids is 1. The summed E-state index contributed by atoms with van der Waals surface area (Å²) in [6, 6.07) is 14.9. The van der Waals surface area contributed by atoms with Crippen LogP contribution in [0.4, 0.5) is 0 Å². The Morgan fingerprint density at radius 3 is 2.58 bits per heavy atom. The Morgan fingerprint density at radius 2 is 1.87 bits per heavy atom. The van der Waals surface area contributed by atoms with Crippen LogP contribution >= 0.6 is 11.6 Å². The normalized spacial score (nSPS) is 14.4. The number of aromatic nitrogens is 2. The van der Waals surface area contributed by atoms with Crippen molar-refractivity contribution in [1.29, 1.82) is 0 Å². The van der Waals surface area contributed by atoms with Crippen LogP contribution in [0.5, 0.6) is 5.75 Å². The minimum absolute atomic E-state index is 0.0348. The van der Waals surface area contributed by atoms with Crippen molar-refractivity contribution in [3.63, 3.8) is 0 Å². The summed E-state index contributed by atoms with van der Waals surface area (Å²) >= 11 is 6.31. The Bertz CT molecular complexity index is 1010. The molecule has 0 saturated heterocycles. The lowest BCUT2D eigenvalue weighted by atomic mass is 9.93. The summed E-state index contributed by atoms with van der Waals surface area (Å²) in [5.41, 5.74) is 1.39. The standard InChI is InChI=1S/C24H26ClN3O3/c1-30-19-13-11-17(12-14-19)23-26-22(31-27-23)15-16-28(18-7-3-2-4-8-18)24(29)20-9-5-6-10-21(20)25/h5-6,9-14,18H,2-4,7-8,15-16H2,1H3. The molecule has 6 nitrogen and oxygen atoms in total. The third kappa shape index (κ3) is 5.07. The quantitative estimate of drug-likeness (QED) is 0.492. The molecule has 1 fully saturated rings. The Morgan fingerprint density at radius 1 is 1.13 bits per heavy atom. The highest BCUT2D eigenvalue weighted by atomic mass is 35.5. The smallest absolute Gasteiger partial charge is 0.255 e. The number of amides is 1. The van der Waals surface area contributed by atoms with Gasteiger partial charge in [0.05, 0.1) is 17.7 Å². The number of hydrogen-bond donors (Lipinski definition) is 0. The number of methoxy groups -OCH3 is 1. The van der Waals surface area contributed by atoms with Gasteiger partial charge in [0.15, 0.2) is 0 Å². The molecule has 0 aliphatic heterocycles. The van der Waals surface area contributed by atoms with E-state index in [-0.39, 0.29) is 11.9 Å². The molecule has 1 aromatic heterocycles. The number of carbonyl (C=O) groups is 1. The summed E-state index contributed by atoms with van der Waals surface area (Å²) in [7, 11) is 1.63. The number of hydrogen-bond acceptors (Lipinski definition) is 5. The van der Waals surface area contributed by atoms with Crippen molar-refractivity contribution in [2.45, 2.75) is 44.6 Å². The second-order valence-electron chi connectivity index (χ2n) is 7.76. The van der Waals surface area contributed by atoms with E-state index in [0.29, 0.717) is 35.3 Å². The lowest BCUT2D eigenvalue weighted by Gasteiger charge is -2.34. The van der Waals surface area contributed by atoms with Crippen LogP contribution in [-0.2, 0) is 6.42 Å². The van der Waals surface area contributed by atoms with E-state index in [9.17, 15) is 4.79 Å². The molecular formula is C24H26ClN3O3. The van der Waals surface area contributed by atoms with Crippen LogP contribution in [-0.4, -0.2) is 40.6 Å². The zero-order chi connectivity index (χ0) is 21.6. The fourth-order valence-electron chi connectivity index (χ4n) is 4.06. The first-order valence-electron chi connectivity index (χ1n) is 10.7. The molecule has 1 amide bonds. The lowest BCUT2D eigenvalue weighted by Crippen LogP contribution is -2.42. The van der Waals surface area contributed by atoms with Crippen molar-refractivity contribution in [2.24, 2.45) is 0 Å². The van der Waals surface area contributed by atoms with Gasteiger partial charge in [0, 0.05) is 24.6 Å². The maximum Gasteiger partial charge on any atom is 0.255 e. The third-order valence-corrected chi connectivity index (χ3v) is 6.09. The van der Waals surface area contributed by atoms with Crippen molar-refractivity contribution in [2.75, 3.05) is 13.7 Å². The molecule has 0 N–H and O–H groups in total. The van der Waals surface area contributed by atoms with Gasteiger partial charge in [-0.15, -0.1) is 0 Å². The van der Waals surface area contributed by atoms with Gasteiger partial charge in [-0.3, -0.25) is 4.79 Å². The number of nitrogens with zero attached hydrogens (tertiary/aromatic N) is 3. The zero-order valence-corrected chi connectivity index (χ0v) is 18.3. The summed E-state index contributed by atoms with van der Waals surface area (Å²) < 4.78 is 10.7. The number of halogens is 1. The Kier molecular flexibility index (Phi) is 6.87. The predicted octanol–water partition coefficient (Wildman–Crippen LogP) is 5.42. The van der Waals surface area contributed by atoms with E-state index >= 15 is 0 Å². The number of ether oxygens (including phenoxy) is 1. The SMILES string of the molecule is COc1ccc(-c2noc(CCN(C(=O)c3ccccc3Cl)C3CCCCC3)n2)cc1. The van der Waals surface area contributed by atoms with E-state index in [1.807, 2.05) is 41.3 Å². The second-order valence-corrected chi connectivity index (χ2v) is 8.17. The monoisotopic (exact) mass is 439 g/mol. The molecule has 1 aliphatic rings. The van der Waals surface area contributed by atoms with Crippen molar-refractivity contribution in [3.8, 4) is 17.1 Å². The molecule has 3 aromatic rings. The first-order chi connectivity index (χ1) is 15.2. The molecule has 4 rings (SSSR count). The summed E-state index contributed by atoms with van der Waals surface area (Å²) in [6.45, 7) is 0.513. The molecular weight excluding hydrogens is 414 g/mol. The van der Waals surface area contributed by atoms with Crippen LogP contribution in [0.25, 0.3) is 11.4 Å². The average Bonchev–Trinajstić information content (AvgIpc) is 3.29. The maximum absolute atomic E-state index is 13.3. The predicted molar refractivity (Wildman–Crippen MR) is 119 cm³/mol. The Balaban J connectivity index is 1.49. The molecule has 1 saturated carbocycles.